The lowest BCUT2D eigenvalue weighted by atomic mass is 10.2. The number of nitrogens with zero attached hydrogens (tertiary/aromatic N) is 2. The molecule has 0 spiro atoms. The van der Waals surface area contributed by atoms with Crippen molar-refractivity contribution in [2.75, 3.05) is 20.2 Å². The van der Waals surface area contributed by atoms with E-state index in [1.54, 1.807) is 18.2 Å². The van der Waals surface area contributed by atoms with Crippen molar-refractivity contribution in [3.05, 3.63) is 53.2 Å². The van der Waals surface area contributed by atoms with Crippen molar-refractivity contribution < 1.29 is 23.5 Å². The highest BCUT2D eigenvalue weighted by molar-refractivity contribution is 5.90. The second-order valence-corrected chi connectivity index (χ2v) is 7.47. The van der Waals surface area contributed by atoms with Gasteiger partial charge >= 0.3 is 5.97 Å². The molecule has 30 heavy (non-hydrogen) atoms. The fourth-order valence-corrected chi connectivity index (χ4v) is 3.27. The third kappa shape index (κ3) is 5.62. The third-order valence-electron chi connectivity index (χ3n) is 5.02. The SMILES string of the molecule is Cc1cc(/C=C/C(=O)OCC(=O)N(C)CC(=O)NCc2ccco2)c(C)n1C1CC1. The van der Waals surface area contributed by atoms with Gasteiger partial charge in [-0.05, 0) is 56.5 Å². The van der Waals surface area contributed by atoms with E-state index in [2.05, 4.69) is 16.8 Å². The summed E-state index contributed by atoms with van der Waals surface area (Å²) in [5.41, 5.74) is 3.26. The zero-order chi connectivity index (χ0) is 21.7. The molecule has 160 valence electrons. The molecule has 1 aliphatic rings. The summed E-state index contributed by atoms with van der Waals surface area (Å²) in [5, 5.41) is 2.65. The predicted octanol–water partition coefficient (Wildman–Crippen LogP) is 2.36. The van der Waals surface area contributed by atoms with Crippen molar-refractivity contribution in [2.24, 2.45) is 0 Å². The third-order valence-corrected chi connectivity index (χ3v) is 5.02. The zero-order valence-corrected chi connectivity index (χ0v) is 17.5. The van der Waals surface area contributed by atoms with Gasteiger partial charge in [0.15, 0.2) is 6.61 Å². The van der Waals surface area contributed by atoms with Gasteiger partial charge in [0.1, 0.15) is 5.76 Å². The van der Waals surface area contributed by atoms with E-state index in [0.717, 1.165) is 11.3 Å². The first-order valence-corrected chi connectivity index (χ1v) is 9.91. The summed E-state index contributed by atoms with van der Waals surface area (Å²) in [6.45, 7) is 3.77. The van der Waals surface area contributed by atoms with Gasteiger partial charge in [-0.2, -0.15) is 0 Å². The molecule has 1 N–H and O–H groups in total. The molecule has 3 rings (SSSR count). The lowest BCUT2D eigenvalue weighted by Gasteiger charge is -2.16. The minimum atomic E-state index is -0.602. The van der Waals surface area contributed by atoms with E-state index in [9.17, 15) is 14.4 Å². The largest absolute Gasteiger partial charge is 0.467 e. The van der Waals surface area contributed by atoms with Crippen LogP contribution in [-0.2, 0) is 25.7 Å². The van der Waals surface area contributed by atoms with E-state index in [4.69, 9.17) is 9.15 Å². The fraction of sp³-hybridized carbons (Fsp3) is 0.409. The Morgan fingerprint density at radius 3 is 2.77 bits per heavy atom. The van der Waals surface area contributed by atoms with Crippen LogP contribution in [-0.4, -0.2) is 47.4 Å². The van der Waals surface area contributed by atoms with Crippen LogP contribution in [0.1, 0.15) is 41.6 Å². The first-order chi connectivity index (χ1) is 14.3. The second kappa shape index (κ2) is 9.47. The number of aromatic nitrogens is 1. The molecule has 0 atom stereocenters. The minimum Gasteiger partial charge on any atom is -0.467 e. The highest BCUT2D eigenvalue weighted by atomic mass is 16.5. The Kier molecular flexibility index (Phi) is 6.76. The number of furan rings is 1. The van der Waals surface area contributed by atoms with Crippen molar-refractivity contribution in [1.82, 2.24) is 14.8 Å². The van der Waals surface area contributed by atoms with E-state index in [1.807, 2.05) is 13.0 Å². The molecular formula is C22H27N3O5. The number of amides is 2. The summed E-state index contributed by atoms with van der Waals surface area (Å²) in [7, 11) is 1.48. The van der Waals surface area contributed by atoms with Gasteiger partial charge in [-0.3, -0.25) is 9.59 Å². The fourth-order valence-electron chi connectivity index (χ4n) is 3.27. The van der Waals surface area contributed by atoms with Crippen LogP contribution in [0.25, 0.3) is 6.08 Å². The molecule has 0 aromatic carbocycles. The van der Waals surface area contributed by atoms with Gasteiger partial charge in [0.05, 0.1) is 19.4 Å². The van der Waals surface area contributed by atoms with E-state index in [-0.39, 0.29) is 19.0 Å². The standard InChI is InChI=1S/C22H27N3O5/c1-15-11-17(16(2)25(15)18-7-8-18)6-9-22(28)30-14-21(27)24(3)13-20(26)23-12-19-5-4-10-29-19/h4-6,9-11,18H,7-8,12-14H2,1-3H3,(H,23,26)/b9-6+. The Morgan fingerprint density at radius 1 is 1.33 bits per heavy atom. The van der Waals surface area contributed by atoms with Crippen molar-refractivity contribution >= 4 is 23.9 Å². The summed E-state index contributed by atoms with van der Waals surface area (Å²) in [6.07, 6.45) is 6.93. The van der Waals surface area contributed by atoms with Crippen LogP contribution in [0.15, 0.2) is 35.0 Å². The van der Waals surface area contributed by atoms with Crippen LogP contribution < -0.4 is 5.32 Å². The predicted molar refractivity (Wildman–Crippen MR) is 110 cm³/mol. The molecule has 0 radical (unpaired) electrons. The quantitative estimate of drug-likeness (QED) is 0.503. The Bertz CT molecular complexity index is 938. The number of esters is 1. The molecule has 2 aromatic heterocycles. The van der Waals surface area contributed by atoms with Crippen molar-refractivity contribution in [3.8, 4) is 0 Å². The summed E-state index contributed by atoms with van der Waals surface area (Å²) >= 11 is 0. The van der Waals surface area contributed by atoms with Crippen molar-refractivity contribution in [3.63, 3.8) is 0 Å². The molecule has 1 aliphatic carbocycles. The van der Waals surface area contributed by atoms with Crippen LogP contribution in [0.3, 0.4) is 0 Å². The van der Waals surface area contributed by atoms with Gasteiger partial charge < -0.3 is 23.9 Å². The molecule has 0 bridgehead atoms. The highest BCUT2D eigenvalue weighted by Crippen LogP contribution is 2.38. The molecule has 2 aromatic rings. The molecule has 8 heteroatoms. The van der Waals surface area contributed by atoms with Crippen LogP contribution in [0.2, 0.25) is 0 Å². The van der Waals surface area contributed by atoms with E-state index < -0.39 is 18.5 Å². The Labute approximate surface area is 175 Å². The normalized spacial score (nSPS) is 13.4. The van der Waals surface area contributed by atoms with E-state index in [1.165, 1.54) is 42.8 Å². The van der Waals surface area contributed by atoms with Gasteiger partial charge in [0.2, 0.25) is 5.91 Å². The van der Waals surface area contributed by atoms with Crippen LogP contribution in [0.4, 0.5) is 0 Å². The summed E-state index contributed by atoms with van der Waals surface area (Å²) in [5.74, 6) is -0.775. The van der Waals surface area contributed by atoms with E-state index >= 15 is 0 Å². The van der Waals surface area contributed by atoms with Crippen molar-refractivity contribution in [1.29, 1.82) is 0 Å². The number of nitrogens with one attached hydrogen (secondary N) is 1. The first kappa shape index (κ1) is 21.4. The second-order valence-electron chi connectivity index (χ2n) is 7.47. The zero-order valence-electron chi connectivity index (χ0n) is 17.5. The molecule has 8 nitrogen and oxygen atoms in total. The number of rotatable bonds is 9. The monoisotopic (exact) mass is 413 g/mol. The number of hydrogen-bond acceptors (Lipinski definition) is 5. The van der Waals surface area contributed by atoms with E-state index in [0.29, 0.717) is 11.8 Å². The molecule has 0 unspecified atom stereocenters. The molecule has 0 saturated heterocycles. The van der Waals surface area contributed by atoms with Gasteiger partial charge in [0, 0.05) is 30.6 Å². The Morgan fingerprint density at radius 2 is 2.10 bits per heavy atom. The maximum atomic E-state index is 12.1. The number of aryl methyl sites for hydroxylation is 1. The first-order valence-electron chi connectivity index (χ1n) is 9.91. The molecule has 1 fully saturated rings. The van der Waals surface area contributed by atoms with Gasteiger partial charge in [0.25, 0.3) is 5.91 Å². The Balaban J connectivity index is 1.41. The van der Waals surface area contributed by atoms with Gasteiger partial charge in [-0.25, -0.2) is 4.79 Å². The lowest BCUT2D eigenvalue weighted by molar-refractivity contribution is -0.148. The average Bonchev–Trinajstić information content (AvgIpc) is 3.31. The van der Waals surface area contributed by atoms with Crippen LogP contribution in [0.5, 0.6) is 0 Å². The maximum Gasteiger partial charge on any atom is 0.331 e. The molecule has 2 heterocycles. The summed E-state index contributed by atoms with van der Waals surface area (Å²) in [4.78, 5) is 37.2. The van der Waals surface area contributed by atoms with Crippen LogP contribution >= 0.6 is 0 Å². The van der Waals surface area contributed by atoms with Crippen LogP contribution in [0, 0.1) is 13.8 Å². The summed E-state index contributed by atoms with van der Waals surface area (Å²) < 4.78 is 12.4. The molecule has 2 amide bonds. The minimum absolute atomic E-state index is 0.139. The average molecular weight is 413 g/mol. The van der Waals surface area contributed by atoms with Gasteiger partial charge in [-0.1, -0.05) is 0 Å². The smallest absolute Gasteiger partial charge is 0.331 e. The lowest BCUT2D eigenvalue weighted by Crippen LogP contribution is -2.39. The highest BCUT2D eigenvalue weighted by Gasteiger charge is 2.26. The Hall–Kier alpha value is -3.29. The number of carbonyl (C=O) groups is 3. The number of likely N-dealkylation sites (N-methyl/N-ethyl adjacent to an activating group) is 1. The number of hydrogen-bond donors (Lipinski definition) is 1. The summed E-state index contributed by atoms with van der Waals surface area (Å²) in [6, 6.07) is 6.08. The topological polar surface area (TPSA) is 93.8 Å². The van der Waals surface area contributed by atoms with Gasteiger partial charge in [-0.15, -0.1) is 0 Å². The van der Waals surface area contributed by atoms with Crippen molar-refractivity contribution in [2.45, 2.75) is 39.3 Å². The number of ether oxygens (including phenoxy) is 1. The molecular weight excluding hydrogens is 386 g/mol. The molecule has 1 saturated carbocycles. The number of carbonyl (C=O) groups excluding carboxylic acids is 3. The molecule has 0 aliphatic heterocycles. The maximum absolute atomic E-state index is 12.1.